The fraction of sp³-hybridized carbons (Fsp3) is 0.308. The highest BCUT2D eigenvalue weighted by atomic mass is 32.2. The zero-order valence-corrected chi connectivity index (χ0v) is 21.9. The van der Waals surface area contributed by atoms with Crippen LogP contribution in [0.3, 0.4) is 0 Å². The molecule has 3 rings (SSSR count). The van der Waals surface area contributed by atoms with Crippen molar-refractivity contribution in [2.45, 2.75) is 45.2 Å². The highest BCUT2D eigenvalue weighted by Gasteiger charge is 2.28. The third-order valence-electron chi connectivity index (χ3n) is 5.47. The predicted octanol–water partition coefficient (Wildman–Crippen LogP) is 4.64. The Kier molecular flexibility index (Phi) is 9.20. The average Bonchev–Trinajstić information content (AvgIpc) is 3.23. The molecule has 3 aromatic rings. The van der Waals surface area contributed by atoms with E-state index in [1.54, 1.807) is 28.4 Å². The number of hydrogen-bond acceptors (Lipinski definition) is 5. The van der Waals surface area contributed by atoms with Gasteiger partial charge in [0.2, 0.25) is 21.8 Å². The second-order valence-corrected chi connectivity index (χ2v) is 11.2. The van der Waals surface area contributed by atoms with Crippen LogP contribution in [0.2, 0.25) is 0 Å². The summed E-state index contributed by atoms with van der Waals surface area (Å²) in [6.07, 6.45) is 0.569. The Labute approximate surface area is 211 Å². The van der Waals surface area contributed by atoms with Crippen LogP contribution in [0.15, 0.2) is 70.9 Å². The van der Waals surface area contributed by atoms with Gasteiger partial charge in [-0.25, -0.2) is 8.42 Å². The Balaban J connectivity index is 1.84. The molecule has 0 unspecified atom stereocenters. The van der Waals surface area contributed by atoms with E-state index in [2.05, 4.69) is 5.32 Å². The van der Waals surface area contributed by atoms with Gasteiger partial charge in [0.25, 0.3) is 0 Å². The van der Waals surface area contributed by atoms with Crippen molar-refractivity contribution in [3.8, 4) is 0 Å². The molecule has 1 aromatic heterocycles. The molecule has 0 aliphatic heterocycles. The number of carbonyl (C=O) groups excluding carboxylic acids is 2. The first-order chi connectivity index (χ1) is 16.7. The number of benzene rings is 2. The normalized spacial score (nSPS) is 11.4. The molecule has 1 N–H and O–H groups in total. The number of amides is 2. The van der Waals surface area contributed by atoms with Gasteiger partial charge in [0.15, 0.2) is 0 Å². The van der Waals surface area contributed by atoms with E-state index < -0.39 is 10.0 Å². The van der Waals surface area contributed by atoms with Crippen molar-refractivity contribution in [1.82, 2.24) is 9.21 Å². The van der Waals surface area contributed by atoms with E-state index in [1.165, 1.54) is 23.4 Å². The van der Waals surface area contributed by atoms with Crippen molar-refractivity contribution in [2.24, 2.45) is 0 Å². The van der Waals surface area contributed by atoms with Gasteiger partial charge in [-0.3, -0.25) is 9.59 Å². The van der Waals surface area contributed by atoms with Crippen LogP contribution in [0.25, 0.3) is 0 Å². The molecular formula is C26H31N3O4S2. The Morgan fingerprint density at radius 1 is 0.971 bits per heavy atom. The molecule has 2 aromatic carbocycles. The summed E-state index contributed by atoms with van der Waals surface area (Å²) in [4.78, 5) is 27.6. The second-order valence-electron chi connectivity index (χ2n) is 8.31. The molecule has 0 spiro atoms. The summed E-state index contributed by atoms with van der Waals surface area (Å²) in [5, 5.41) is 4.62. The van der Waals surface area contributed by atoms with Crippen LogP contribution >= 0.6 is 11.3 Å². The maximum absolute atomic E-state index is 13.5. The quantitative estimate of drug-likeness (QED) is 0.405. The maximum atomic E-state index is 13.5. The summed E-state index contributed by atoms with van der Waals surface area (Å²) in [7, 11) is -3.90. The van der Waals surface area contributed by atoms with Crippen LogP contribution in [0, 0.1) is 6.92 Å². The van der Waals surface area contributed by atoms with Crippen molar-refractivity contribution in [3.63, 3.8) is 0 Å². The minimum Gasteiger partial charge on any atom is -0.332 e. The van der Waals surface area contributed by atoms with Crippen molar-refractivity contribution in [1.29, 1.82) is 0 Å². The first kappa shape index (κ1) is 26.6. The molecule has 0 bridgehead atoms. The van der Waals surface area contributed by atoms with E-state index in [0.29, 0.717) is 25.2 Å². The van der Waals surface area contributed by atoms with E-state index in [9.17, 15) is 18.0 Å². The summed E-state index contributed by atoms with van der Waals surface area (Å²) < 4.78 is 28.1. The topological polar surface area (TPSA) is 86.8 Å². The van der Waals surface area contributed by atoms with Gasteiger partial charge in [-0.15, -0.1) is 11.3 Å². The largest absolute Gasteiger partial charge is 0.332 e. The molecule has 0 fully saturated rings. The Morgan fingerprint density at radius 2 is 1.66 bits per heavy atom. The van der Waals surface area contributed by atoms with Crippen LogP contribution in [0.4, 0.5) is 5.69 Å². The van der Waals surface area contributed by atoms with E-state index in [-0.39, 0.29) is 29.8 Å². The molecule has 0 radical (unpaired) electrons. The van der Waals surface area contributed by atoms with Crippen LogP contribution in [0.1, 0.15) is 36.3 Å². The summed E-state index contributed by atoms with van der Waals surface area (Å²) in [6, 6.07) is 17.7. The smallest absolute Gasteiger partial charge is 0.243 e. The zero-order chi connectivity index (χ0) is 25.4. The van der Waals surface area contributed by atoms with Crippen LogP contribution in [-0.4, -0.2) is 42.5 Å². The van der Waals surface area contributed by atoms with Gasteiger partial charge in [0, 0.05) is 30.6 Å². The summed E-state index contributed by atoms with van der Waals surface area (Å²) in [6.45, 7) is 6.06. The minimum absolute atomic E-state index is 0.0802. The van der Waals surface area contributed by atoms with E-state index in [4.69, 9.17) is 0 Å². The molecule has 0 aliphatic rings. The van der Waals surface area contributed by atoms with Crippen LogP contribution < -0.4 is 5.32 Å². The van der Waals surface area contributed by atoms with Gasteiger partial charge in [0.05, 0.1) is 18.0 Å². The van der Waals surface area contributed by atoms with Crippen LogP contribution in [0.5, 0.6) is 0 Å². The third-order valence-corrected chi connectivity index (χ3v) is 8.34. The minimum atomic E-state index is -3.90. The van der Waals surface area contributed by atoms with Gasteiger partial charge in [0.1, 0.15) is 0 Å². The molecule has 0 atom stereocenters. The number of nitrogens with one attached hydrogen (secondary N) is 1. The number of hydrogen-bond donors (Lipinski definition) is 1. The SMILES string of the molecule is CCCN(CC(=O)N(Cc1ccccc1)Cc1sccc1C)S(=O)(=O)c1ccc(NC(C)=O)cc1. The van der Waals surface area contributed by atoms with Crippen molar-refractivity contribution in [2.75, 3.05) is 18.4 Å². The van der Waals surface area contributed by atoms with Crippen molar-refractivity contribution >= 4 is 38.9 Å². The fourth-order valence-corrected chi connectivity index (χ4v) is 6.02. The number of anilines is 1. The number of nitrogens with zero attached hydrogens (tertiary/aromatic N) is 2. The lowest BCUT2D eigenvalue weighted by Crippen LogP contribution is -2.42. The Morgan fingerprint density at radius 3 is 2.23 bits per heavy atom. The second kappa shape index (κ2) is 12.1. The number of sulfonamides is 1. The van der Waals surface area contributed by atoms with Crippen molar-refractivity contribution in [3.05, 3.63) is 82.0 Å². The molecule has 2 amide bonds. The zero-order valence-electron chi connectivity index (χ0n) is 20.2. The summed E-state index contributed by atoms with van der Waals surface area (Å²) >= 11 is 1.59. The highest BCUT2D eigenvalue weighted by molar-refractivity contribution is 7.89. The molecule has 35 heavy (non-hydrogen) atoms. The number of carbonyl (C=O) groups is 2. The monoisotopic (exact) mass is 513 g/mol. The first-order valence-electron chi connectivity index (χ1n) is 11.4. The fourth-order valence-electron chi connectivity index (χ4n) is 3.62. The Hall–Kier alpha value is -3.01. The molecular weight excluding hydrogens is 482 g/mol. The lowest BCUT2D eigenvalue weighted by atomic mass is 10.2. The molecule has 0 saturated carbocycles. The number of aryl methyl sites for hydroxylation is 1. The van der Waals surface area contributed by atoms with Gasteiger partial charge in [-0.05, 0) is 60.2 Å². The van der Waals surface area contributed by atoms with Gasteiger partial charge in [-0.2, -0.15) is 4.31 Å². The molecule has 186 valence electrons. The molecule has 0 aliphatic carbocycles. The lowest BCUT2D eigenvalue weighted by Gasteiger charge is -2.27. The van der Waals surface area contributed by atoms with E-state index in [0.717, 1.165) is 16.0 Å². The first-order valence-corrected chi connectivity index (χ1v) is 13.7. The average molecular weight is 514 g/mol. The maximum Gasteiger partial charge on any atom is 0.243 e. The molecule has 1 heterocycles. The van der Waals surface area contributed by atoms with E-state index in [1.807, 2.05) is 55.6 Å². The van der Waals surface area contributed by atoms with Gasteiger partial charge in [-0.1, -0.05) is 37.3 Å². The number of thiophene rings is 1. The van der Waals surface area contributed by atoms with Gasteiger partial charge >= 0.3 is 0 Å². The van der Waals surface area contributed by atoms with Crippen LogP contribution in [-0.2, 0) is 32.7 Å². The van der Waals surface area contributed by atoms with E-state index >= 15 is 0 Å². The number of rotatable bonds is 11. The third kappa shape index (κ3) is 7.24. The standard InChI is InChI=1S/C26H31N3O4S2/c1-4-15-29(35(32,33)24-12-10-23(11-13-24)27-21(3)30)19-26(31)28(17-22-8-6-5-7-9-22)18-25-20(2)14-16-34-25/h5-14,16H,4,15,17-19H2,1-3H3,(H,27,30). The van der Waals surface area contributed by atoms with Crippen molar-refractivity contribution < 1.29 is 18.0 Å². The summed E-state index contributed by atoms with van der Waals surface area (Å²) in [5.74, 6) is -0.494. The van der Waals surface area contributed by atoms with Gasteiger partial charge < -0.3 is 10.2 Å². The molecule has 9 heteroatoms. The highest BCUT2D eigenvalue weighted by Crippen LogP contribution is 2.22. The Bertz CT molecular complexity index is 1240. The molecule has 7 nitrogen and oxygen atoms in total. The lowest BCUT2D eigenvalue weighted by molar-refractivity contribution is -0.132. The molecule has 0 saturated heterocycles. The summed E-state index contributed by atoms with van der Waals surface area (Å²) in [5.41, 5.74) is 2.60. The predicted molar refractivity (Wildman–Crippen MR) is 140 cm³/mol.